The fourth-order valence-electron chi connectivity index (χ4n) is 5.34. The van der Waals surface area contributed by atoms with E-state index < -0.39 is 0 Å². The molecule has 4 heterocycles. The highest BCUT2D eigenvalue weighted by Crippen LogP contribution is 2.38. The average Bonchev–Trinajstić information content (AvgIpc) is 3.38. The molecule has 0 bridgehead atoms. The first-order chi connectivity index (χ1) is 19.8. The van der Waals surface area contributed by atoms with Gasteiger partial charge in [0, 0.05) is 37.8 Å². The molecule has 1 saturated carbocycles. The van der Waals surface area contributed by atoms with Crippen molar-refractivity contribution in [3.05, 3.63) is 40.4 Å². The lowest BCUT2D eigenvalue weighted by molar-refractivity contribution is -0.122. The van der Waals surface area contributed by atoms with Crippen molar-refractivity contribution < 1.29 is 4.79 Å². The zero-order valence-electron chi connectivity index (χ0n) is 23.9. The van der Waals surface area contributed by atoms with Gasteiger partial charge in [-0.25, -0.2) is 9.97 Å². The number of benzene rings is 1. The van der Waals surface area contributed by atoms with Crippen molar-refractivity contribution in [2.75, 3.05) is 43.5 Å². The molecule has 1 unspecified atom stereocenters. The lowest BCUT2D eigenvalue weighted by atomic mass is 10.1. The minimum atomic E-state index is 0.117. The quantitative estimate of drug-likeness (QED) is 0.302. The maximum Gasteiger partial charge on any atom is 0.234 e. The number of aryl methyl sites for hydroxylation is 2. The summed E-state index contributed by atoms with van der Waals surface area (Å²) in [6.07, 6.45) is 5.07. The molecule has 0 spiro atoms. The van der Waals surface area contributed by atoms with Gasteiger partial charge in [-0.1, -0.05) is 59.4 Å². The second kappa shape index (κ2) is 11.4. The number of piperidine rings is 1. The van der Waals surface area contributed by atoms with Crippen LogP contribution in [-0.2, 0) is 11.2 Å². The van der Waals surface area contributed by atoms with E-state index in [-0.39, 0.29) is 11.9 Å². The number of nitrogens with zero attached hydrogens (tertiary/aromatic N) is 8. The Labute approximate surface area is 248 Å². The van der Waals surface area contributed by atoms with Gasteiger partial charge >= 0.3 is 0 Å². The fraction of sp³-hybridized carbons (Fsp3) is 0.483. The molecule has 1 aliphatic heterocycles. The minimum Gasteiger partial charge on any atom is -0.352 e. The number of hydrogen-bond acceptors (Lipinski definition) is 10. The number of thiazole rings is 1. The molecular weight excluding hydrogens is 555 g/mol. The Balaban J connectivity index is 1.25. The summed E-state index contributed by atoms with van der Waals surface area (Å²) in [5.41, 5.74) is 3.75. The predicted octanol–water partition coefficient (Wildman–Crippen LogP) is 4.60. The van der Waals surface area contributed by atoms with E-state index in [9.17, 15) is 10.1 Å². The first-order valence-electron chi connectivity index (χ1n) is 14.2. The van der Waals surface area contributed by atoms with Crippen LogP contribution in [0.1, 0.15) is 48.7 Å². The zero-order chi connectivity index (χ0) is 28.7. The van der Waals surface area contributed by atoms with Crippen LogP contribution in [0.2, 0.25) is 0 Å². The molecule has 12 heteroatoms. The molecule has 1 amide bonds. The van der Waals surface area contributed by atoms with Crippen molar-refractivity contribution in [2.45, 2.75) is 58.0 Å². The number of nitriles is 1. The molecule has 2 fully saturated rings. The molecule has 1 N–H and O–H groups in total. The van der Waals surface area contributed by atoms with Gasteiger partial charge in [0.1, 0.15) is 16.6 Å². The molecule has 1 aromatic carbocycles. The first kappa shape index (κ1) is 27.6. The Bertz CT molecular complexity index is 1590. The van der Waals surface area contributed by atoms with Crippen molar-refractivity contribution in [3.8, 4) is 17.3 Å². The van der Waals surface area contributed by atoms with Crippen LogP contribution in [0.15, 0.2) is 24.3 Å². The topological polar surface area (TPSA) is 106 Å². The number of hydrogen-bond donors (Lipinski definition) is 1. The first-order valence-corrected chi connectivity index (χ1v) is 15.8. The monoisotopic (exact) mass is 589 g/mol. The number of fused-ring (bicyclic) bond motifs is 1. The van der Waals surface area contributed by atoms with Crippen LogP contribution < -0.4 is 15.1 Å². The number of likely N-dealkylation sites (N-methyl/N-ethyl adjacent to an activating group) is 1. The SMILES string of the molecule is CCc1nc2sc(N3CCCC(N(C)CC(=O)NC4CC4)C3)nn2c1N(C)c1nc(-c2ccc(C)cc2)c(C#N)s1. The Morgan fingerprint density at radius 3 is 2.66 bits per heavy atom. The van der Waals surface area contributed by atoms with Crippen LogP contribution in [0, 0.1) is 18.3 Å². The van der Waals surface area contributed by atoms with Crippen LogP contribution in [0.4, 0.5) is 16.1 Å². The minimum absolute atomic E-state index is 0.117. The highest BCUT2D eigenvalue weighted by Gasteiger charge is 2.30. The lowest BCUT2D eigenvalue weighted by Crippen LogP contribution is -2.49. The molecule has 2 aliphatic rings. The average molecular weight is 590 g/mol. The van der Waals surface area contributed by atoms with Crippen LogP contribution in [0.3, 0.4) is 0 Å². The van der Waals surface area contributed by atoms with Gasteiger partial charge in [-0.05, 0) is 46.1 Å². The van der Waals surface area contributed by atoms with E-state index in [1.54, 1.807) is 11.3 Å². The summed E-state index contributed by atoms with van der Waals surface area (Å²) >= 11 is 2.98. The second-order valence-corrected chi connectivity index (χ2v) is 12.9. The van der Waals surface area contributed by atoms with Crippen LogP contribution >= 0.6 is 22.7 Å². The Kier molecular flexibility index (Phi) is 7.68. The number of anilines is 3. The van der Waals surface area contributed by atoms with Crippen molar-refractivity contribution in [1.82, 2.24) is 29.8 Å². The van der Waals surface area contributed by atoms with Gasteiger partial charge in [0.05, 0.1) is 12.2 Å². The van der Waals surface area contributed by atoms with Gasteiger partial charge < -0.3 is 15.1 Å². The molecule has 1 saturated heterocycles. The van der Waals surface area contributed by atoms with Gasteiger partial charge in [0.15, 0.2) is 10.9 Å². The smallest absolute Gasteiger partial charge is 0.234 e. The van der Waals surface area contributed by atoms with E-state index in [0.29, 0.717) is 23.2 Å². The van der Waals surface area contributed by atoms with Crippen LogP contribution in [-0.4, -0.2) is 76.2 Å². The maximum absolute atomic E-state index is 12.4. The Hall–Kier alpha value is -3.53. The zero-order valence-corrected chi connectivity index (χ0v) is 25.6. The molecule has 0 radical (unpaired) electrons. The van der Waals surface area contributed by atoms with E-state index >= 15 is 0 Å². The third kappa shape index (κ3) is 5.66. The summed E-state index contributed by atoms with van der Waals surface area (Å²) in [6, 6.07) is 11.1. The number of carbonyl (C=O) groups excluding carboxylic acids is 1. The van der Waals surface area contributed by atoms with Gasteiger partial charge in [0.2, 0.25) is 16.0 Å². The molecule has 10 nitrogen and oxygen atoms in total. The largest absolute Gasteiger partial charge is 0.352 e. The molecular formula is C29H35N9OS2. The summed E-state index contributed by atoms with van der Waals surface area (Å²) < 4.78 is 1.92. The third-order valence-corrected chi connectivity index (χ3v) is 9.85. The number of amides is 1. The van der Waals surface area contributed by atoms with Crippen LogP contribution in [0.25, 0.3) is 16.2 Å². The summed E-state index contributed by atoms with van der Waals surface area (Å²) in [6.45, 7) is 6.32. The fourth-order valence-corrected chi connectivity index (χ4v) is 7.14. The van der Waals surface area contributed by atoms with Crippen molar-refractivity contribution in [2.24, 2.45) is 0 Å². The van der Waals surface area contributed by atoms with Gasteiger partial charge in [0.25, 0.3) is 0 Å². The molecule has 6 rings (SSSR count). The van der Waals surface area contributed by atoms with Crippen molar-refractivity contribution in [3.63, 3.8) is 0 Å². The standard InChI is InChI=1S/C29H35N9OS2/c1-5-22-26(36(4)27-33-25(23(15-30)40-27)19-10-8-18(2)9-11-19)38-28(32-22)41-29(34-38)37-14-6-7-21(16-37)35(3)17-24(39)31-20-12-13-20/h8-11,20-21H,5-7,12-14,16-17H2,1-4H3,(H,31,39). The summed E-state index contributed by atoms with van der Waals surface area (Å²) in [5, 5.41) is 19.7. The molecule has 41 heavy (non-hydrogen) atoms. The third-order valence-electron chi connectivity index (χ3n) is 7.85. The number of nitrogens with one attached hydrogen (secondary N) is 1. The Morgan fingerprint density at radius 1 is 1.17 bits per heavy atom. The lowest BCUT2D eigenvalue weighted by Gasteiger charge is -2.37. The van der Waals surface area contributed by atoms with E-state index in [2.05, 4.69) is 28.1 Å². The van der Waals surface area contributed by atoms with E-state index in [1.807, 2.05) is 54.7 Å². The van der Waals surface area contributed by atoms with E-state index in [4.69, 9.17) is 15.1 Å². The van der Waals surface area contributed by atoms with E-state index in [1.165, 1.54) is 16.9 Å². The molecule has 4 aromatic rings. The highest BCUT2D eigenvalue weighted by atomic mass is 32.1. The highest BCUT2D eigenvalue weighted by molar-refractivity contribution is 7.20. The summed E-state index contributed by atoms with van der Waals surface area (Å²) in [5.74, 6) is 0.994. The molecule has 1 aliphatic carbocycles. The van der Waals surface area contributed by atoms with Gasteiger partial charge in [-0.3, -0.25) is 9.69 Å². The Morgan fingerprint density at radius 2 is 1.95 bits per heavy atom. The summed E-state index contributed by atoms with van der Waals surface area (Å²) in [4.78, 5) is 30.2. The van der Waals surface area contributed by atoms with Gasteiger partial charge in [-0.2, -0.15) is 9.78 Å². The van der Waals surface area contributed by atoms with Crippen LogP contribution in [0.5, 0.6) is 0 Å². The summed E-state index contributed by atoms with van der Waals surface area (Å²) in [7, 11) is 4.02. The normalized spacial score (nSPS) is 17.3. The predicted molar refractivity (Wildman–Crippen MR) is 164 cm³/mol. The van der Waals surface area contributed by atoms with E-state index in [0.717, 1.165) is 77.5 Å². The second-order valence-electron chi connectivity index (χ2n) is 11.0. The number of imidazole rings is 1. The number of rotatable bonds is 9. The number of aromatic nitrogens is 4. The molecule has 214 valence electrons. The molecule has 1 atom stereocenters. The number of carbonyl (C=O) groups is 1. The van der Waals surface area contributed by atoms with Gasteiger partial charge in [-0.15, -0.1) is 5.10 Å². The van der Waals surface area contributed by atoms with Crippen molar-refractivity contribution in [1.29, 1.82) is 5.26 Å². The molecule has 3 aromatic heterocycles. The van der Waals surface area contributed by atoms with Crippen molar-refractivity contribution >= 4 is 49.6 Å². The maximum atomic E-state index is 12.4.